The molecule has 0 unspecified atom stereocenters. The van der Waals surface area contributed by atoms with Crippen LogP contribution in [-0.2, 0) is 11.0 Å². The molecular formula is C23H28F3NO6. The normalized spacial score (nSPS) is 24.4. The van der Waals surface area contributed by atoms with Crippen LogP contribution in [0, 0.1) is 16.7 Å². The van der Waals surface area contributed by atoms with E-state index in [9.17, 15) is 33.1 Å². The van der Waals surface area contributed by atoms with Gasteiger partial charge in [-0.1, -0.05) is 35.5 Å². The standard InChI is InChI=1S/C23H28F3NO6/c24-23(25,26)15-6-5-7-17(12-15)33-14-16(28)10-11-18-19(21(29)13-20(18)27-32)8-3-1-2-4-9-22(30)31/h1,3,5-7,10-12,16,18-21,28-29H,2,4,8-9,13-14H2,(H,30,31)/b3-1-,11-10+/t16-,18-,19-,20-,21+/m1/s1. The Morgan fingerprint density at radius 2 is 2.06 bits per heavy atom. The van der Waals surface area contributed by atoms with Gasteiger partial charge in [-0.3, -0.25) is 4.79 Å². The fraction of sp³-hybridized carbons (Fsp3) is 0.522. The van der Waals surface area contributed by atoms with Crippen molar-refractivity contribution in [1.82, 2.24) is 0 Å². The first-order valence-electron chi connectivity index (χ1n) is 10.7. The molecule has 0 aromatic heterocycles. The van der Waals surface area contributed by atoms with Crippen molar-refractivity contribution in [2.45, 2.75) is 56.5 Å². The number of nitroso groups, excluding NO2 is 1. The Morgan fingerprint density at radius 3 is 2.73 bits per heavy atom. The van der Waals surface area contributed by atoms with Crippen molar-refractivity contribution in [3.63, 3.8) is 0 Å². The van der Waals surface area contributed by atoms with Crippen LogP contribution in [0.5, 0.6) is 5.75 Å². The molecular weight excluding hydrogens is 443 g/mol. The van der Waals surface area contributed by atoms with Gasteiger partial charge in [0.15, 0.2) is 0 Å². The van der Waals surface area contributed by atoms with Gasteiger partial charge in [0.2, 0.25) is 0 Å². The lowest BCUT2D eigenvalue weighted by Gasteiger charge is -2.19. The minimum atomic E-state index is -4.50. The summed E-state index contributed by atoms with van der Waals surface area (Å²) in [6.07, 6.45) is 2.02. The summed E-state index contributed by atoms with van der Waals surface area (Å²) in [5.74, 6) is -1.64. The molecule has 5 atom stereocenters. The zero-order valence-electron chi connectivity index (χ0n) is 17.9. The van der Waals surface area contributed by atoms with Crippen molar-refractivity contribution in [3.05, 3.63) is 59.0 Å². The molecule has 0 spiro atoms. The Hall–Kier alpha value is -2.72. The lowest BCUT2D eigenvalue weighted by atomic mass is 9.89. The highest BCUT2D eigenvalue weighted by Gasteiger charge is 2.41. The smallest absolute Gasteiger partial charge is 0.416 e. The van der Waals surface area contributed by atoms with Gasteiger partial charge in [-0.2, -0.15) is 18.1 Å². The van der Waals surface area contributed by atoms with E-state index in [2.05, 4.69) is 5.18 Å². The molecule has 0 aliphatic heterocycles. The molecule has 1 aliphatic carbocycles. The van der Waals surface area contributed by atoms with E-state index in [1.807, 2.05) is 12.2 Å². The number of unbranched alkanes of at least 4 members (excludes halogenated alkanes) is 1. The molecule has 7 nitrogen and oxygen atoms in total. The minimum Gasteiger partial charge on any atom is -0.491 e. The molecule has 182 valence electrons. The van der Waals surface area contributed by atoms with Crippen LogP contribution >= 0.6 is 0 Å². The van der Waals surface area contributed by atoms with Crippen LogP contribution in [0.15, 0.2) is 53.7 Å². The highest BCUT2D eigenvalue weighted by Crippen LogP contribution is 2.38. The summed E-state index contributed by atoms with van der Waals surface area (Å²) in [6.45, 7) is -0.291. The SMILES string of the molecule is O=N[C@@H]1C[C@H](O)[C@H](C/C=C\CCCC(=O)O)[C@H]1/C=C/[C@@H](O)COc1cccc(C(F)(F)F)c1. The summed E-state index contributed by atoms with van der Waals surface area (Å²) in [6, 6.07) is 3.65. The number of carboxylic acid groups (broad SMARTS) is 1. The third-order valence-corrected chi connectivity index (χ3v) is 5.53. The number of halogens is 3. The Morgan fingerprint density at radius 1 is 1.30 bits per heavy atom. The average Bonchev–Trinajstić information content (AvgIpc) is 3.07. The molecule has 0 heterocycles. The summed E-state index contributed by atoms with van der Waals surface area (Å²) in [7, 11) is 0. The van der Waals surface area contributed by atoms with Crippen molar-refractivity contribution < 1.29 is 38.0 Å². The Kier molecular flexibility index (Phi) is 10.1. The van der Waals surface area contributed by atoms with Crippen LogP contribution in [-0.4, -0.2) is 46.1 Å². The average molecular weight is 471 g/mol. The van der Waals surface area contributed by atoms with E-state index in [-0.39, 0.29) is 31.1 Å². The topological polar surface area (TPSA) is 116 Å². The maximum Gasteiger partial charge on any atom is 0.416 e. The number of aliphatic hydroxyl groups is 2. The van der Waals surface area contributed by atoms with Crippen molar-refractivity contribution in [1.29, 1.82) is 0 Å². The van der Waals surface area contributed by atoms with Crippen molar-refractivity contribution in [2.24, 2.45) is 17.0 Å². The second-order valence-corrected chi connectivity index (χ2v) is 8.00. The molecule has 1 aromatic rings. The molecule has 1 saturated carbocycles. The second kappa shape index (κ2) is 12.5. The molecule has 1 aliphatic rings. The fourth-order valence-corrected chi connectivity index (χ4v) is 3.82. The number of rotatable bonds is 12. The molecule has 0 radical (unpaired) electrons. The van der Waals surface area contributed by atoms with Gasteiger partial charge in [0, 0.05) is 12.3 Å². The predicted molar refractivity (Wildman–Crippen MR) is 115 cm³/mol. The van der Waals surface area contributed by atoms with Crippen LogP contribution in [0.1, 0.15) is 37.7 Å². The second-order valence-electron chi connectivity index (χ2n) is 8.00. The number of allylic oxidation sites excluding steroid dienone is 2. The van der Waals surface area contributed by atoms with Gasteiger partial charge < -0.3 is 20.1 Å². The molecule has 1 fully saturated rings. The first kappa shape index (κ1) is 26.5. The number of hydrogen-bond acceptors (Lipinski definition) is 6. The first-order valence-corrected chi connectivity index (χ1v) is 10.7. The fourth-order valence-electron chi connectivity index (χ4n) is 3.82. The summed E-state index contributed by atoms with van der Waals surface area (Å²) < 4.78 is 43.6. The van der Waals surface area contributed by atoms with E-state index in [4.69, 9.17) is 9.84 Å². The third-order valence-electron chi connectivity index (χ3n) is 5.53. The van der Waals surface area contributed by atoms with Crippen LogP contribution in [0.3, 0.4) is 0 Å². The highest BCUT2D eigenvalue weighted by atomic mass is 19.4. The van der Waals surface area contributed by atoms with E-state index >= 15 is 0 Å². The summed E-state index contributed by atoms with van der Waals surface area (Å²) in [4.78, 5) is 21.7. The van der Waals surface area contributed by atoms with E-state index in [0.717, 1.165) is 12.1 Å². The Balaban J connectivity index is 1.92. The summed E-state index contributed by atoms with van der Waals surface area (Å²) >= 11 is 0. The van der Waals surface area contributed by atoms with Gasteiger partial charge in [-0.05, 0) is 49.8 Å². The maximum absolute atomic E-state index is 12.8. The van der Waals surface area contributed by atoms with Gasteiger partial charge in [0.05, 0.1) is 11.7 Å². The van der Waals surface area contributed by atoms with Crippen LogP contribution < -0.4 is 4.74 Å². The molecule has 1 aromatic carbocycles. The Bertz CT molecular complexity index is 842. The number of alkyl halides is 3. The minimum absolute atomic E-state index is 0.0353. The molecule has 2 rings (SSSR count). The number of carboxylic acids is 1. The van der Waals surface area contributed by atoms with Crippen molar-refractivity contribution >= 4 is 5.97 Å². The van der Waals surface area contributed by atoms with E-state index in [1.54, 1.807) is 6.08 Å². The van der Waals surface area contributed by atoms with E-state index in [1.165, 1.54) is 18.2 Å². The number of benzene rings is 1. The monoisotopic (exact) mass is 471 g/mol. The number of aliphatic carboxylic acids is 1. The third kappa shape index (κ3) is 8.62. The molecule has 0 bridgehead atoms. The first-order chi connectivity index (χ1) is 15.6. The van der Waals surface area contributed by atoms with Crippen molar-refractivity contribution in [3.8, 4) is 5.75 Å². The summed E-state index contributed by atoms with van der Waals surface area (Å²) in [5, 5.41) is 32.2. The van der Waals surface area contributed by atoms with E-state index < -0.39 is 41.9 Å². The van der Waals surface area contributed by atoms with Crippen LogP contribution in [0.4, 0.5) is 13.2 Å². The molecule has 0 amide bonds. The molecule has 10 heteroatoms. The lowest BCUT2D eigenvalue weighted by Crippen LogP contribution is -2.21. The maximum atomic E-state index is 12.8. The molecule has 0 saturated heterocycles. The van der Waals surface area contributed by atoms with Crippen molar-refractivity contribution in [2.75, 3.05) is 6.61 Å². The van der Waals surface area contributed by atoms with E-state index in [0.29, 0.717) is 19.3 Å². The highest BCUT2D eigenvalue weighted by molar-refractivity contribution is 5.66. The van der Waals surface area contributed by atoms with Gasteiger partial charge >= 0.3 is 12.1 Å². The van der Waals surface area contributed by atoms with Gasteiger partial charge in [-0.15, -0.1) is 0 Å². The van der Waals surface area contributed by atoms with Gasteiger partial charge in [0.25, 0.3) is 0 Å². The zero-order chi connectivity index (χ0) is 24.4. The van der Waals surface area contributed by atoms with Gasteiger partial charge in [0.1, 0.15) is 24.5 Å². The van der Waals surface area contributed by atoms with Crippen LogP contribution in [0.2, 0.25) is 0 Å². The number of nitrogens with zero attached hydrogens (tertiary/aromatic N) is 1. The Labute approximate surface area is 189 Å². The predicted octanol–water partition coefficient (Wildman–Crippen LogP) is 4.33. The number of aliphatic hydroxyl groups excluding tert-OH is 2. The number of carbonyl (C=O) groups is 1. The largest absolute Gasteiger partial charge is 0.491 e. The number of ether oxygens (including phenoxy) is 1. The molecule has 3 N–H and O–H groups in total. The quantitative estimate of drug-likeness (QED) is 0.237. The molecule has 33 heavy (non-hydrogen) atoms. The lowest BCUT2D eigenvalue weighted by molar-refractivity contribution is -0.138. The van der Waals surface area contributed by atoms with Crippen LogP contribution in [0.25, 0.3) is 0 Å². The zero-order valence-corrected chi connectivity index (χ0v) is 17.9. The van der Waals surface area contributed by atoms with Gasteiger partial charge in [-0.25, -0.2) is 0 Å². The summed E-state index contributed by atoms with van der Waals surface area (Å²) in [5.41, 5.74) is -0.858. The number of hydrogen-bond donors (Lipinski definition) is 3.